The molecule has 0 spiro atoms. The fourth-order valence-electron chi connectivity index (χ4n) is 2.79. The van der Waals surface area contributed by atoms with Crippen LogP contribution in [0.15, 0.2) is 42.5 Å². The molecular formula is C19H20N2O5. The van der Waals surface area contributed by atoms with Crippen LogP contribution in [0.1, 0.15) is 20.7 Å². The van der Waals surface area contributed by atoms with Gasteiger partial charge >= 0.3 is 5.97 Å². The SMILES string of the molecule is COc1cc(NC(=O)c2ccc(N3CCOCC3)cc2)ccc1C(=O)O. The Balaban J connectivity index is 1.70. The smallest absolute Gasteiger partial charge is 0.339 e. The number of methoxy groups -OCH3 is 1. The molecule has 2 N–H and O–H groups in total. The van der Waals surface area contributed by atoms with Gasteiger partial charge in [0.1, 0.15) is 11.3 Å². The van der Waals surface area contributed by atoms with Gasteiger partial charge in [-0.1, -0.05) is 0 Å². The van der Waals surface area contributed by atoms with E-state index in [1.165, 1.54) is 25.3 Å². The average Bonchev–Trinajstić information content (AvgIpc) is 2.68. The molecule has 0 unspecified atom stereocenters. The van der Waals surface area contributed by atoms with Crippen LogP contribution in [-0.4, -0.2) is 50.4 Å². The molecule has 1 fully saturated rings. The van der Waals surface area contributed by atoms with Crippen molar-refractivity contribution < 1.29 is 24.2 Å². The first kappa shape index (κ1) is 17.8. The molecule has 0 saturated carbocycles. The summed E-state index contributed by atoms with van der Waals surface area (Å²) in [5, 5.41) is 11.9. The van der Waals surface area contributed by atoms with E-state index in [2.05, 4.69) is 10.2 Å². The number of carboxylic acids is 1. The van der Waals surface area contributed by atoms with Crippen LogP contribution in [0.3, 0.4) is 0 Å². The van der Waals surface area contributed by atoms with Crippen molar-refractivity contribution in [1.29, 1.82) is 0 Å². The summed E-state index contributed by atoms with van der Waals surface area (Å²) in [5.41, 5.74) is 2.08. The summed E-state index contributed by atoms with van der Waals surface area (Å²) in [6.45, 7) is 3.08. The molecule has 0 aromatic heterocycles. The molecule has 0 radical (unpaired) electrons. The number of morpholine rings is 1. The molecule has 2 aromatic rings. The highest BCUT2D eigenvalue weighted by molar-refractivity contribution is 6.05. The van der Waals surface area contributed by atoms with E-state index in [1.807, 2.05) is 12.1 Å². The monoisotopic (exact) mass is 356 g/mol. The van der Waals surface area contributed by atoms with Crippen molar-refractivity contribution in [3.63, 3.8) is 0 Å². The summed E-state index contributed by atoms with van der Waals surface area (Å²) >= 11 is 0. The van der Waals surface area contributed by atoms with Gasteiger partial charge in [-0.2, -0.15) is 0 Å². The first-order chi connectivity index (χ1) is 12.6. The molecule has 0 atom stereocenters. The van der Waals surface area contributed by atoms with E-state index in [4.69, 9.17) is 14.6 Å². The molecule has 26 heavy (non-hydrogen) atoms. The van der Waals surface area contributed by atoms with Crippen molar-refractivity contribution in [3.8, 4) is 5.75 Å². The zero-order valence-electron chi connectivity index (χ0n) is 14.4. The summed E-state index contributed by atoms with van der Waals surface area (Å²) < 4.78 is 10.4. The highest BCUT2D eigenvalue weighted by Gasteiger charge is 2.14. The van der Waals surface area contributed by atoms with E-state index in [0.29, 0.717) is 24.5 Å². The fraction of sp³-hybridized carbons (Fsp3) is 0.263. The van der Waals surface area contributed by atoms with Gasteiger partial charge in [0.25, 0.3) is 5.91 Å². The molecule has 1 amide bonds. The molecule has 7 nitrogen and oxygen atoms in total. The van der Waals surface area contributed by atoms with E-state index in [1.54, 1.807) is 12.1 Å². The number of anilines is 2. The molecule has 0 aliphatic carbocycles. The molecule has 1 heterocycles. The number of carbonyl (C=O) groups is 2. The minimum Gasteiger partial charge on any atom is -0.496 e. The number of benzene rings is 2. The second kappa shape index (κ2) is 7.88. The van der Waals surface area contributed by atoms with E-state index in [-0.39, 0.29) is 17.2 Å². The van der Waals surface area contributed by atoms with Crippen LogP contribution >= 0.6 is 0 Å². The number of ether oxygens (including phenoxy) is 2. The predicted octanol–water partition coefficient (Wildman–Crippen LogP) is 2.48. The minimum absolute atomic E-state index is 0.0420. The average molecular weight is 356 g/mol. The maximum Gasteiger partial charge on any atom is 0.339 e. The molecule has 1 aliphatic rings. The standard InChI is InChI=1S/C19H20N2O5/c1-25-17-12-14(4-7-16(17)19(23)24)20-18(22)13-2-5-15(6-3-13)21-8-10-26-11-9-21/h2-7,12H,8-11H2,1H3,(H,20,22)(H,23,24). The second-order valence-corrected chi connectivity index (χ2v) is 5.82. The Morgan fingerprint density at radius 3 is 2.42 bits per heavy atom. The Hall–Kier alpha value is -3.06. The lowest BCUT2D eigenvalue weighted by Crippen LogP contribution is -2.36. The quantitative estimate of drug-likeness (QED) is 0.856. The van der Waals surface area contributed by atoms with Crippen LogP contribution in [0.2, 0.25) is 0 Å². The molecule has 1 aliphatic heterocycles. The normalized spacial score (nSPS) is 14.0. The number of nitrogens with zero attached hydrogens (tertiary/aromatic N) is 1. The Kier molecular flexibility index (Phi) is 5.38. The highest BCUT2D eigenvalue weighted by atomic mass is 16.5. The number of hydrogen-bond acceptors (Lipinski definition) is 5. The molecule has 2 aromatic carbocycles. The molecular weight excluding hydrogens is 336 g/mol. The van der Waals surface area contributed by atoms with Crippen LogP contribution in [0.5, 0.6) is 5.75 Å². The fourth-order valence-corrected chi connectivity index (χ4v) is 2.79. The number of carboxylic acid groups (broad SMARTS) is 1. The molecule has 136 valence electrons. The number of rotatable bonds is 5. The third-order valence-electron chi connectivity index (χ3n) is 4.20. The van der Waals surface area contributed by atoms with Crippen molar-refractivity contribution >= 4 is 23.3 Å². The Labute approximate surface area is 151 Å². The summed E-state index contributed by atoms with van der Waals surface area (Å²) in [6.07, 6.45) is 0. The first-order valence-corrected chi connectivity index (χ1v) is 8.24. The van der Waals surface area contributed by atoms with Gasteiger partial charge in [0.2, 0.25) is 0 Å². The molecule has 1 saturated heterocycles. The van der Waals surface area contributed by atoms with Crippen LogP contribution in [-0.2, 0) is 4.74 Å². The Bertz CT molecular complexity index is 798. The van der Waals surface area contributed by atoms with Crippen molar-refractivity contribution in [2.75, 3.05) is 43.6 Å². The number of hydrogen-bond donors (Lipinski definition) is 2. The lowest BCUT2D eigenvalue weighted by Gasteiger charge is -2.28. The van der Waals surface area contributed by atoms with Gasteiger partial charge in [0, 0.05) is 36.1 Å². The van der Waals surface area contributed by atoms with E-state index >= 15 is 0 Å². The molecule has 7 heteroatoms. The number of aromatic carboxylic acids is 1. The van der Waals surface area contributed by atoms with Gasteiger partial charge in [-0.05, 0) is 36.4 Å². The molecule has 3 rings (SSSR count). The van der Waals surface area contributed by atoms with Crippen LogP contribution in [0.25, 0.3) is 0 Å². The second-order valence-electron chi connectivity index (χ2n) is 5.82. The van der Waals surface area contributed by atoms with Gasteiger partial charge in [0.15, 0.2) is 0 Å². The molecule has 0 bridgehead atoms. The van der Waals surface area contributed by atoms with Crippen LogP contribution in [0, 0.1) is 0 Å². The van der Waals surface area contributed by atoms with Gasteiger partial charge in [-0.3, -0.25) is 4.79 Å². The Morgan fingerprint density at radius 2 is 1.81 bits per heavy atom. The third kappa shape index (κ3) is 3.94. The van der Waals surface area contributed by atoms with Crippen molar-refractivity contribution in [3.05, 3.63) is 53.6 Å². The van der Waals surface area contributed by atoms with E-state index < -0.39 is 5.97 Å². The lowest BCUT2D eigenvalue weighted by atomic mass is 10.1. The van der Waals surface area contributed by atoms with Crippen molar-refractivity contribution in [2.24, 2.45) is 0 Å². The van der Waals surface area contributed by atoms with Gasteiger partial charge in [0.05, 0.1) is 20.3 Å². The van der Waals surface area contributed by atoms with E-state index in [9.17, 15) is 9.59 Å². The van der Waals surface area contributed by atoms with Crippen LogP contribution in [0.4, 0.5) is 11.4 Å². The van der Waals surface area contributed by atoms with Crippen LogP contribution < -0.4 is 15.0 Å². The van der Waals surface area contributed by atoms with Crippen molar-refractivity contribution in [1.82, 2.24) is 0 Å². The summed E-state index contributed by atoms with van der Waals surface area (Å²) in [5.74, 6) is -1.17. The summed E-state index contributed by atoms with van der Waals surface area (Å²) in [6, 6.07) is 11.8. The van der Waals surface area contributed by atoms with Gasteiger partial charge in [-0.25, -0.2) is 4.79 Å². The van der Waals surface area contributed by atoms with E-state index in [0.717, 1.165) is 18.8 Å². The zero-order chi connectivity index (χ0) is 18.5. The topological polar surface area (TPSA) is 88.1 Å². The first-order valence-electron chi connectivity index (χ1n) is 8.24. The zero-order valence-corrected chi connectivity index (χ0v) is 14.4. The minimum atomic E-state index is -1.08. The number of nitrogens with one attached hydrogen (secondary N) is 1. The number of carbonyl (C=O) groups excluding carboxylic acids is 1. The van der Waals surface area contributed by atoms with Gasteiger partial charge in [-0.15, -0.1) is 0 Å². The Morgan fingerprint density at radius 1 is 1.12 bits per heavy atom. The lowest BCUT2D eigenvalue weighted by molar-refractivity contribution is 0.0693. The predicted molar refractivity (Wildman–Crippen MR) is 97.4 cm³/mol. The maximum absolute atomic E-state index is 12.4. The number of amides is 1. The highest BCUT2D eigenvalue weighted by Crippen LogP contribution is 2.24. The van der Waals surface area contributed by atoms with Crippen molar-refractivity contribution in [2.45, 2.75) is 0 Å². The summed E-state index contributed by atoms with van der Waals surface area (Å²) in [4.78, 5) is 25.7. The largest absolute Gasteiger partial charge is 0.496 e. The maximum atomic E-state index is 12.4. The summed E-state index contributed by atoms with van der Waals surface area (Å²) in [7, 11) is 1.39. The van der Waals surface area contributed by atoms with Gasteiger partial charge < -0.3 is 24.8 Å². The third-order valence-corrected chi connectivity index (χ3v) is 4.20.